The van der Waals surface area contributed by atoms with Gasteiger partial charge < -0.3 is 10.2 Å². The van der Waals surface area contributed by atoms with Crippen molar-refractivity contribution in [2.45, 2.75) is 82.3 Å². The molecule has 0 heterocycles. The monoisotopic (exact) mass is 533 g/mol. The molecule has 1 aliphatic rings. The van der Waals surface area contributed by atoms with Crippen LogP contribution < -0.4 is 10.0 Å². The summed E-state index contributed by atoms with van der Waals surface area (Å²) in [6, 6.07) is 13.3. The molecule has 0 aliphatic heterocycles. The number of amides is 2. The number of nitrogens with one attached hydrogen (secondary N) is 2. The first-order chi connectivity index (χ1) is 17.2. The third kappa shape index (κ3) is 8.61. The summed E-state index contributed by atoms with van der Waals surface area (Å²) in [7, 11) is -3.51. The molecule has 1 fully saturated rings. The lowest BCUT2D eigenvalue weighted by Gasteiger charge is -2.29. The molecule has 196 valence electrons. The van der Waals surface area contributed by atoms with Crippen LogP contribution in [0.15, 0.2) is 53.4 Å². The molecule has 7 nitrogen and oxygen atoms in total. The highest BCUT2D eigenvalue weighted by Crippen LogP contribution is 2.22. The number of hydrogen-bond acceptors (Lipinski definition) is 4. The van der Waals surface area contributed by atoms with Crippen molar-refractivity contribution in [2.75, 3.05) is 6.54 Å². The van der Waals surface area contributed by atoms with Crippen LogP contribution in [0.3, 0.4) is 0 Å². The Morgan fingerprint density at radius 3 is 2.28 bits per heavy atom. The summed E-state index contributed by atoms with van der Waals surface area (Å²) in [6.45, 7) is 4.73. The van der Waals surface area contributed by atoms with Gasteiger partial charge in [0.15, 0.2) is 0 Å². The van der Waals surface area contributed by atoms with Crippen molar-refractivity contribution < 1.29 is 18.0 Å². The van der Waals surface area contributed by atoms with Crippen molar-refractivity contribution in [1.82, 2.24) is 14.9 Å². The van der Waals surface area contributed by atoms with Gasteiger partial charge in [-0.2, -0.15) is 0 Å². The fourth-order valence-corrected chi connectivity index (χ4v) is 5.25. The zero-order valence-corrected chi connectivity index (χ0v) is 22.6. The number of hydrogen-bond donors (Lipinski definition) is 2. The van der Waals surface area contributed by atoms with E-state index in [1.165, 1.54) is 0 Å². The lowest BCUT2D eigenvalue weighted by Crippen LogP contribution is -2.47. The molecule has 3 rings (SSSR count). The number of sulfonamides is 1. The molecule has 1 saturated carbocycles. The Morgan fingerprint density at radius 2 is 1.67 bits per heavy atom. The highest BCUT2D eigenvalue weighted by molar-refractivity contribution is 7.89. The van der Waals surface area contributed by atoms with Crippen LogP contribution in [0.25, 0.3) is 0 Å². The van der Waals surface area contributed by atoms with Gasteiger partial charge in [0.25, 0.3) is 0 Å². The largest absolute Gasteiger partial charge is 0.354 e. The first kappa shape index (κ1) is 28.2. The first-order valence-electron chi connectivity index (χ1n) is 12.6. The maximum absolute atomic E-state index is 13.3. The van der Waals surface area contributed by atoms with E-state index in [-0.39, 0.29) is 29.2 Å². The molecule has 0 aromatic heterocycles. The number of unbranched alkanes of at least 4 members (excludes halogenated alkanes) is 2. The van der Waals surface area contributed by atoms with Crippen LogP contribution in [0.5, 0.6) is 0 Å². The maximum atomic E-state index is 13.3. The number of benzene rings is 2. The quantitative estimate of drug-likeness (QED) is 0.351. The predicted molar refractivity (Wildman–Crippen MR) is 142 cm³/mol. The van der Waals surface area contributed by atoms with Gasteiger partial charge in [-0.05, 0) is 68.0 Å². The molecular formula is C27H36ClN3O4S. The molecule has 1 aliphatic carbocycles. The van der Waals surface area contributed by atoms with E-state index in [0.29, 0.717) is 24.5 Å². The molecular weight excluding hydrogens is 498 g/mol. The van der Waals surface area contributed by atoms with Gasteiger partial charge in [0.1, 0.15) is 6.04 Å². The van der Waals surface area contributed by atoms with Crippen LogP contribution in [0.1, 0.15) is 63.5 Å². The summed E-state index contributed by atoms with van der Waals surface area (Å²) in [6.07, 6.45) is 5.41. The third-order valence-electron chi connectivity index (χ3n) is 6.27. The smallest absolute Gasteiger partial charge is 0.242 e. The summed E-state index contributed by atoms with van der Waals surface area (Å²) in [5.41, 5.74) is 1.74. The lowest BCUT2D eigenvalue weighted by atomic mass is 10.1. The van der Waals surface area contributed by atoms with Crippen molar-refractivity contribution in [3.05, 3.63) is 64.7 Å². The molecule has 0 unspecified atom stereocenters. The van der Waals surface area contributed by atoms with Gasteiger partial charge in [-0.15, -0.1) is 0 Å². The molecule has 2 N–H and O–H groups in total. The second-order valence-corrected chi connectivity index (χ2v) is 11.5. The predicted octanol–water partition coefficient (Wildman–Crippen LogP) is 4.44. The van der Waals surface area contributed by atoms with E-state index in [1.54, 1.807) is 48.2 Å². The molecule has 2 amide bonds. The highest BCUT2D eigenvalue weighted by atomic mass is 35.5. The number of halogens is 1. The van der Waals surface area contributed by atoms with Gasteiger partial charge in [0, 0.05) is 30.6 Å². The average molecular weight is 534 g/mol. The van der Waals surface area contributed by atoms with Gasteiger partial charge in [-0.1, -0.05) is 55.6 Å². The Labute approximate surface area is 219 Å². The van der Waals surface area contributed by atoms with Crippen LogP contribution >= 0.6 is 11.6 Å². The summed E-state index contributed by atoms with van der Waals surface area (Å²) in [4.78, 5) is 27.9. The Morgan fingerprint density at radius 1 is 1.03 bits per heavy atom. The summed E-state index contributed by atoms with van der Waals surface area (Å²) in [5.74, 6) is -0.320. The molecule has 1 atom stereocenters. The van der Waals surface area contributed by atoms with Gasteiger partial charge in [0.05, 0.1) is 4.90 Å². The number of carbonyl (C=O) groups excluding carboxylic acids is 2. The van der Waals surface area contributed by atoms with E-state index >= 15 is 0 Å². The van der Waals surface area contributed by atoms with Crippen molar-refractivity contribution >= 4 is 33.4 Å². The van der Waals surface area contributed by atoms with E-state index < -0.39 is 16.1 Å². The summed E-state index contributed by atoms with van der Waals surface area (Å²) in [5, 5.41) is 3.55. The normalized spacial score (nSPS) is 14.3. The number of aryl methyl sites for hydroxylation is 1. The van der Waals surface area contributed by atoms with E-state index in [2.05, 4.69) is 17.0 Å². The minimum Gasteiger partial charge on any atom is -0.354 e. The van der Waals surface area contributed by atoms with Crippen LogP contribution in [0.2, 0.25) is 5.02 Å². The number of nitrogens with zero attached hydrogens (tertiary/aromatic N) is 1. The summed E-state index contributed by atoms with van der Waals surface area (Å²) >= 11 is 6.00. The Balaban J connectivity index is 1.64. The van der Waals surface area contributed by atoms with E-state index in [1.807, 2.05) is 12.1 Å². The molecule has 0 spiro atoms. The molecule has 36 heavy (non-hydrogen) atoms. The molecule has 2 aromatic rings. The molecule has 0 saturated heterocycles. The highest BCUT2D eigenvalue weighted by Gasteiger charge is 2.28. The standard InChI is InChI=1S/C27H36ClN3O4S/c1-3-4-5-18-29-27(33)20(2)31(19-22-6-11-23(28)12-7-22)26(32)17-10-21-8-15-25(16-9-21)36(34,35)30-24-13-14-24/h6-9,11-12,15-16,20,24,30H,3-5,10,13-14,17-19H2,1-2H3,(H,29,33)/t20-/m1/s1. The molecule has 0 bridgehead atoms. The third-order valence-corrected chi connectivity index (χ3v) is 8.06. The average Bonchev–Trinajstić information content (AvgIpc) is 3.68. The van der Waals surface area contributed by atoms with Crippen LogP contribution in [-0.4, -0.2) is 43.8 Å². The zero-order valence-electron chi connectivity index (χ0n) is 21.0. The fourth-order valence-electron chi connectivity index (χ4n) is 3.82. The SMILES string of the molecule is CCCCCNC(=O)[C@@H](C)N(Cc1ccc(Cl)cc1)C(=O)CCc1ccc(S(=O)(=O)NC2CC2)cc1. The fraction of sp³-hybridized carbons (Fsp3) is 0.481. The Kier molecular flexibility index (Phi) is 10.3. The van der Waals surface area contributed by atoms with Crippen LogP contribution in [0.4, 0.5) is 0 Å². The number of rotatable bonds is 14. The minimum atomic E-state index is -3.51. The summed E-state index contributed by atoms with van der Waals surface area (Å²) < 4.78 is 27.4. The van der Waals surface area contributed by atoms with Crippen molar-refractivity contribution in [2.24, 2.45) is 0 Å². The van der Waals surface area contributed by atoms with Crippen molar-refractivity contribution in [3.8, 4) is 0 Å². The van der Waals surface area contributed by atoms with Crippen LogP contribution in [0, 0.1) is 0 Å². The van der Waals surface area contributed by atoms with Gasteiger partial charge in [-0.25, -0.2) is 13.1 Å². The van der Waals surface area contributed by atoms with Crippen molar-refractivity contribution in [3.63, 3.8) is 0 Å². The Bertz CT molecular complexity index is 1120. The van der Waals surface area contributed by atoms with Gasteiger partial charge in [-0.3, -0.25) is 9.59 Å². The van der Waals surface area contributed by atoms with E-state index in [4.69, 9.17) is 11.6 Å². The second kappa shape index (κ2) is 13.2. The van der Waals surface area contributed by atoms with Crippen molar-refractivity contribution in [1.29, 1.82) is 0 Å². The lowest BCUT2D eigenvalue weighted by molar-refractivity contribution is -0.140. The van der Waals surface area contributed by atoms with Crippen LogP contribution in [-0.2, 0) is 32.6 Å². The zero-order chi connectivity index (χ0) is 26.1. The van der Waals surface area contributed by atoms with E-state index in [0.717, 1.165) is 43.2 Å². The molecule has 2 aromatic carbocycles. The maximum Gasteiger partial charge on any atom is 0.242 e. The van der Waals surface area contributed by atoms with E-state index in [9.17, 15) is 18.0 Å². The second-order valence-electron chi connectivity index (χ2n) is 9.36. The minimum absolute atomic E-state index is 0.0461. The van der Waals surface area contributed by atoms with Gasteiger partial charge >= 0.3 is 0 Å². The Hall–Kier alpha value is -2.42. The first-order valence-corrected chi connectivity index (χ1v) is 14.5. The topological polar surface area (TPSA) is 95.6 Å². The molecule has 0 radical (unpaired) electrons. The van der Waals surface area contributed by atoms with Gasteiger partial charge in [0.2, 0.25) is 21.8 Å². The molecule has 9 heteroatoms. The number of carbonyl (C=O) groups is 2.